The Kier molecular flexibility index (Phi) is 3.87. The number of nitrogens with one attached hydrogen (secondary N) is 1. The molecule has 1 N–H and O–H groups in total. The highest BCUT2D eigenvalue weighted by molar-refractivity contribution is 6.07. The number of hydrogen-bond donors (Lipinski definition) is 1. The van der Waals surface area contributed by atoms with Gasteiger partial charge in [-0.05, 0) is 31.0 Å². The van der Waals surface area contributed by atoms with Gasteiger partial charge in [0.25, 0.3) is 0 Å². The monoisotopic (exact) mass is 342 g/mol. The number of anilines is 1. The Labute approximate surface area is 143 Å². The van der Waals surface area contributed by atoms with E-state index in [1.807, 2.05) is 0 Å². The van der Waals surface area contributed by atoms with Gasteiger partial charge >= 0.3 is 6.03 Å². The van der Waals surface area contributed by atoms with Crippen LogP contribution in [0.15, 0.2) is 47.1 Å². The van der Waals surface area contributed by atoms with Crippen LogP contribution < -0.4 is 5.32 Å². The molecule has 0 spiro atoms. The molecule has 0 unspecified atom stereocenters. The number of likely N-dealkylation sites (tertiary alicyclic amines) is 1. The van der Waals surface area contributed by atoms with Crippen molar-refractivity contribution in [2.24, 2.45) is 0 Å². The van der Waals surface area contributed by atoms with Crippen LogP contribution in [0.4, 0.5) is 19.3 Å². The highest BCUT2D eigenvalue weighted by Crippen LogP contribution is 2.37. The van der Waals surface area contributed by atoms with Crippen LogP contribution in [-0.2, 0) is 0 Å². The average molecular weight is 342 g/mol. The molecule has 0 bridgehead atoms. The number of amides is 2. The molecule has 0 atom stereocenters. The summed E-state index contributed by atoms with van der Waals surface area (Å²) in [6.45, 7) is 1.41. The van der Waals surface area contributed by atoms with Crippen LogP contribution in [-0.4, -0.2) is 24.0 Å². The zero-order valence-corrected chi connectivity index (χ0v) is 13.4. The van der Waals surface area contributed by atoms with Gasteiger partial charge < -0.3 is 14.6 Å². The Morgan fingerprint density at radius 3 is 2.44 bits per heavy atom. The maximum absolute atomic E-state index is 14.2. The molecule has 1 aliphatic heterocycles. The third-order valence-corrected chi connectivity index (χ3v) is 4.47. The minimum absolute atomic E-state index is 0.133. The Hall–Kier alpha value is -2.89. The third kappa shape index (κ3) is 2.73. The fourth-order valence-electron chi connectivity index (χ4n) is 3.26. The summed E-state index contributed by atoms with van der Waals surface area (Å²) in [5.41, 5.74) is 1.08. The van der Waals surface area contributed by atoms with Crippen molar-refractivity contribution in [3.05, 3.63) is 54.3 Å². The molecule has 25 heavy (non-hydrogen) atoms. The maximum atomic E-state index is 14.2. The van der Waals surface area contributed by atoms with Gasteiger partial charge in [-0.15, -0.1) is 0 Å². The van der Waals surface area contributed by atoms with Gasteiger partial charge in [0, 0.05) is 18.7 Å². The Balaban J connectivity index is 1.81. The Bertz CT molecular complexity index is 925. The molecule has 6 heteroatoms. The Morgan fingerprint density at radius 2 is 1.72 bits per heavy atom. The van der Waals surface area contributed by atoms with E-state index in [9.17, 15) is 13.6 Å². The summed E-state index contributed by atoms with van der Waals surface area (Å²) in [5.74, 6) is -1.32. The highest BCUT2D eigenvalue weighted by Gasteiger charge is 2.22. The molecule has 128 valence electrons. The van der Waals surface area contributed by atoms with E-state index in [0.29, 0.717) is 35.3 Å². The molecule has 0 radical (unpaired) electrons. The number of benzene rings is 2. The standard InChI is InChI=1S/C19H16F2N2O2/c20-13-6-4-7-14(21)17(13)12-5-3-8-16-18(12)15(11-25-16)22-19(24)23-9-1-2-10-23/h3-8,11H,1-2,9-10H2,(H,22,24). The average Bonchev–Trinajstić information content (AvgIpc) is 3.25. The first kappa shape index (κ1) is 15.6. The SMILES string of the molecule is O=C(Nc1coc2cccc(-c3c(F)cccc3F)c12)N1CCCC1. The summed E-state index contributed by atoms with van der Waals surface area (Å²) in [6.07, 6.45) is 3.36. The van der Waals surface area contributed by atoms with Crippen molar-refractivity contribution in [3.8, 4) is 11.1 Å². The first-order chi connectivity index (χ1) is 12.1. The lowest BCUT2D eigenvalue weighted by atomic mass is 10.00. The molecule has 3 aromatic rings. The molecule has 1 aromatic heterocycles. The third-order valence-electron chi connectivity index (χ3n) is 4.47. The number of halogens is 2. The number of carbonyl (C=O) groups is 1. The van der Waals surface area contributed by atoms with Gasteiger partial charge in [-0.2, -0.15) is 0 Å². The van der Waals surface area contributed by atoms with Gasteiger partial charge in [-0.1, -0.05) is 18.2 Å². The molecule has 4 rings (SSSR count). The predicted octanol–water partition coefficient (Wildman–Crippen LogP) is 5.01. The number of furan rings is 1. The molecule has 1 saturated heterocycles. The largest absolute Gasteiger partial charge is 0.462 e. The molecule has 4 nitrogen and oxygen atoms in total. The van der Waals surface area contributed by atoms with E-state index in [1.54, 1.807) is 23.1 Å². The fourth-order valence-corrected chi connectivity index (χ4v) is 3.26. The van der Waals surface area contributed by atoms with Crippen molar-refractivity contribution < 1.29 is 18.0 Å². The summed E-state index contributed by atoms with van der Waals surface area (Å²) in [4.78, 5) is 14.1. The number of fused-ring (bicyclic) bond motifs is 1. The zero-order valence-electron chi connectivity index (χ0n) is 13.4. The van der Waals surface area contributed by atoms with Crippen molar-refractivity contribution in [2.45, 2.75) is 12.8 Å². The van der Waals surface area contributed by atoms with Gasteiger partial charge in [-0.25, -0.2) is 13.6 Å². The van der Waals surface area contributed by atoms with Gasteiger partial charge in [0.15, 0.2) is 0 Å². The predicted molar refractivity (Wildman–Crippen MR) is 91.4 cm³/mol. The molecule has 1 fully saturated rings. The van der Waals surface area contributed by atoms with Gasteiger partial charge in [0.2, 0.25) is 0 Å². The van der Waals surface area contributed by atoms with Crippen LogP contribution in [0.5, 0.6) is 0 Å². The summed E-state index contributed by atoms with van der Waals surface area (Å²) in [5, 5.41) is 3.29. The maximum Gasteiger partial charge on any atom is 0.321 e. The van der Waals surface area contributed by atoms with Crippen LogP contribution in [0, 0.1) is 11.6 Å². The second-order valence-electron chi connectivity index (χ2n) is 6.05. The lowest BCUT2D eigenvalue weighted by Gasteiger charge is -2.16. The quantitative estimate of drug-likeness (QED) is 0.712. The molecular formula is C19H16F2N2O2. The molecule has 2 heterocycles. The zero-order chi connectivity index (χ0) is 17.4. The first-order valence-electron chi connectivity index (χ1n) is 8.15. The van der Waals surface area contributed by atoms with Crippen LogP contribution >= 0.6 is 0 Å². The van der Waals surface area contributed by atoms with E-state index >= 15 is 0 Å². The van der Waals surface area contributed by atoms with Crippen LogP contribution in [0.2, 0.25) is 0 Å². The van der Waals surface area contributed by atoms with E-state index in [4.69, 9.17) is 4.42 Å². The van der Waals surface area contributed by atoms with E-state index in [2.05, 4.69) is 5.32 Å². The normalized spacial score (nSPS) is 14.2. The number of hydrogen-bond acceptors (Lipinski definition) is 2. The summed E-state index contributed by atoms with van der Waals surface area (Å²) in [7, 11) is 0. The number of nitrogens with zero attached hydrogens (tertiary/aromatic N) is 1. The van der Waals surface area contributed by atoms with E-state index in [-0.39, 0.29) is 11.6 Å². The summed E-state index contributed by atoms with van der Waals surface area (Å²) >= 11 is 0. The molecular weight excluding hydrogens is 326 g/mol. The van der Waals surface area contributed by atoms with E-state index in [0.717, 1.165) is 12.8 Å². The summed E-state index contributed by atoms with van der Waals surface area (Å²) in [6, 6.07) is 8.48. The smallest absolute Gasteiger partial charge is 0.321 e. The van der Waals surface area contributed by atoms with Gasteiger partial charge in [0.05, 0.1) is 16.6 Å². The van der Waals surface area contributed by atoms with Crippen LogP contribution in [0.25, 0.3) is 22.1 Å². The van der Waals surface area contributed by atoms with Gasteiger partial charge in [0.1, 0.15) is 23.5 Å². The lowest BCUT2D eigenvalue weighted by molar-refractivity contribution is 0.222. The van der Waals surface area contributed by atoms with Crippen molar-refractivity contribution in [2.75, 3.05) is 18.4 Å². The number of urea groups is 1. The minimum Gasteiger partial charge on any atom is -0.462 e. The lowest BCUT2D eigenvalue weighted by Crippen LogP contribution is -2.32. The van der Waals surface area contributed by atoms with Crippen molar-refractivity contribution in [1.82, 2.24) is 4.90 Å². The molecule has 2 amide bonds. The van der Waals surface area contributed by atoms with E-state index in [1.165, 1.54) is 24.5 Å². The molecule has 1 aliphatic rings. The molecule has 0 aliphatic carbocycles. The van der Waals surface area contributed by atoms with Gasteiger partial charge in [-0.3, -0.25) is 0 Å². The minimum atomic E-state index is -0.662. The molecule has 0 saturated carbocycles. The number of carbonyl (C=O) groups excluding carboxylic acids is 1. The van der Waals surface area contributed by atoms with Crippen molar-refractivity contribution in [1.29, 1.82) is 0 Å². The first-order valence-corrected chi connectivity index (χ1v) is 8.15. The topological polar surface area (TPSA) is 45.5 Å². The van der Waals surface area contributed by atoms with Crippen molar-refractivity contribution in [3.63, 3.8) is 0 Å². The second kappa shape index (κ2) is 6.20. The Morgan fingerprint density at radius 1 is 1.04 bits per heavy atom. The van der Waals surface area contributed by atoms with Crippen LogP contribution in [0.3, 0.4) is 0 Å². The number of rotatable bonds is 2. The fraction of sp³-hybridized carbons (Fsp3) is 0.211. The van der Waals surface area contributed by atoms with Crippen LogP contribution in [0.1, 0.15) is 12.8 Å². The highest BCUT2D eigenvalue weighted by atomic mass is 19.1. The second-order valence-corrected chi connectivity index (χ2v) is 6.05. The van der Waals surface area contributed by atoms with Crippen molar-refractivity contribution >= 4 is 22.7 Å². The molecule has 2 aromatic carbocycles. The summed E-state index contributed by atoms with van der Waals surface area (Å²) < 4.78 is 34.0. The van der Waals surface area contributed by atoms with E-state index < -0.39 is 11.6 Å².